The number of rotatable bonds is 3. The van der Waals surface area contributed by atoms with Crippen molar-refractivity contribution in [3.05, 3.63) is 105 Å². The monoisotopic (exact) mass is 520 g/mol. The third-order valence-corrected chi connectivity index (χ3v) is 7.56. The molecule has 2 N–H and O–H groups in total. The fourth-order valence-electron chi connectivity index (χ4n) is 4.54. The van der Waals surface area contributed by atoms with Crippen molar-refractivity contribution in [3.63, 3.8) is 0 Å². The molecule has 6 heteroatoms. The summed E-state index contributed by atoms with van der Waals surface area (Å²) in [5, 5.41) is 4.27. The fourth-order valence-corrected chi connectivity index (χ4v) is 5.14. The van der Waals surface area contributed by atoms with E-state index in [-0.39, 0.29) is 0 Å². The molecule has 4 aromatic carbocycles. The van der Waals surface area contributed by atoms with E-state index < -0.39 is 0 Å². The van der Waals surface area contributed by atoms with Crippen molar-refractivity contribution in [2.24, 2.45) is 0 Å². The number of nitrogens with one attached hydrogen (secondary N) is 2. The van der Waals surface area contributed by atoms with Crippen LogP contribution in [-0.2, 0) is 0 Å². The van der Waals surface area contributed by atoms with Crippen molar-refractivity contribution >= 4 is 68.2 Å². The highest BCUT2D eigenvalue weighted by Crippen LogP contribution is 2.47. The fraction of sp³-hybridized carbons (Fsp3) is 0. The zero-order valence-corrected chi connectivity index (χ0v) is 20.6. The van der Waals surface area contributed by atoms with Gasteiger partial charge < -0.3 is 9.97 Å². The molecule has 0 aliphatic heterocycles. The van der Waals surface area contributed by atoms with E-state index in [0.29, 0.717) is 20.1 Å². The molecule has 0 atom stereocenters. The van der Waals surface area contributed by atoms with Crippen LogP contribution in [0.15, 0.2) is 84.9 Å². The topological polar surface area (TPSA) is 31.6 Å². The van der Waals surface area contributed by atoms with Crippen molar-refractivity contribution in [3.8, 4) is 33.6 Å². The zero-order chi connectivity index (χ0) is 23.4. The van der Waals surface area contributed by atoms with Gasteiger partial charge in [0.2, 0.25) is 0 Å². The summed E-state index contributed by atoms with van der Waals surface area (Å²) in [5.41, 5.74) is 8.04. The molecule has 2 heterocycles. The second-order valence-corrected chi connectivity index (χ2v) is 9.73. The van der Waals surface area contributed by atoms with Crippen LogP contribution in [0.5, 0.6) is 0 Å². The molecule has 0 saturated heterocycles. The maximum atomic E-state index is 6.41. The Morgan fingerprint density at radius 1 is 0.441 bits per heavy atom. The number of hydrogen-bond donors (Lipinski definition) is 2. The Morgan fingerprint density at radius 3 is 1.26 bits per heavy atom. The van der Waals surface area contributed by atoms with Crippen molar-refractivity contribution < 1.29 is 0 Å². The molecule has 0 amide bonds. The standard InChI is InChI=1S/C28H16Cl4N2/c29-19-11-9-15(13-21(19)31)27-25(17-5-1-3-7-23(17)33-27)26-18-6-2-4-8-24(18)34-28(26)16-10-12-20(30)22(32)14-16/h1-14,33-34H. The molecular formula is C28H16Cl4N2. The highest BCUT2D eigenvalue weighted by Gasteiger charge is 2.23. The van der Waals surface area contributed by atoms with Gasteiger partial charge in [-0.05, 0) is 36.4 Å². The normalized spacial score (nSPS) is 11.5. The van der Waals surface area contributed by atoms with Crippen LogP contribution in [0.4, 0.5) is 0 Å². The summed E-state index contributed by atoms with van der Waals surface area (Å²) in [6.45, 7) is 0. The van der Waals surface area contributed by atoms with Crippen LogP contribution in [0.2, 0.25) is 20.1 Å². The SMILES string of the molecule is Clc1ccc(-c2[nH]c3ccccc3c2-c2c(-c3ccc(Cl)c(Cl)c3)[nH]c3ccccc23)cc1Cl. The lowest BCUT2D eigenvalue weighted by molar-refractivity contribution is 1.44. The Balaban J connectivity index is 1.74. The van der Waals surface area contributed by atoms with Gasteiger partial charge in [-0.2, -0.15) is 0 Å². The third-order valence-electron chi connectivity index (χ3n) is 6.08. The third kappa shape index (κ3) is 3.50. The lowest BCUT2D eigenvalue weighted by Gasteiger charge is -2.10. The van der Waals surface area contributed by atoms with Gasteiger partial charge in [0.15, 0.2) is 0 Å². The van der Waals surface area contributed by atoms with Gasteiger partial charge in [-0.1, -0.05) is 94.9 Å². The first-order valence-corrected chi connectivity index (χ1v) is 12.1. The average Bonchev–Trinajstić information content (AvgIpc) is 3.41. The maximum absolute atomic E-state index is 6.41. The molecule has 34 heavy (non-hydrogen) atoms. The number of halogens is 4. The molecule has 0 fully saturated rings. The lowest BCUT2D eigenvalue weighted by Crippen LogP contribution is -1.87. The van der Waals surface area contributed by atoms with Crippen molar-refractivity contribution in [2.75, 3.05) is 0 Å². The highest BCUT2D eigenvalue weighted by atomic mass is 35.5. The Bertz CT molecular complexity index is 1580. The predicted molar refractivity (Wildman–Crippen MR) is 147 cm³/mol. The van der Waals surface area contributed by atoms with E-state index in [1.165, 1.54) is 0 Å². The quantitative estimate of drug-likeness (QED) is 0.232. The summed E-state index contributed by atoms with van der Waals surface area (Å²) in [4.78, 5) is 7.23. The molecule has 2 aromatic heterocycles. The second-order valence-electron chi connectivity index (χ2n) is 8.10. The molecule has 2 nitrogen and oxygen atoms in total. The number of hydrogen-bond acceptors (Lipinski definition) is 0. The van der Waals surface area contributed by atoms with Gasteiger partial charge in [0.1, 0.15) is 0 Å². The molecule has 0 aliphatic rings. The van der Waals surface area contributed by atoms with Gasteiger partial charge >= 0.3 is 0 Å². The average molecular weight is 522 g/mol. The van der Waals surface area contributed by atoms with E-state index in [2.05, 4.69) is 34.2 Å². The van der Waals surface area contributed by atoms with E-state index in [1.807, 2.05) is 60.7 Å². The van der Waals surface area contributed by atoms with Crippen LogP contribution in [0, 0.1) is 0 Å². The first-order chi connectivity index (χ1) is 16.5. The summed E-state index contributed by atoms with van der Waals surface area (Å²) in [5.74, 6) is 0. The second kappa shape index (κ2) is 8.41. The van der Waals surface area contributed by atoms with Crippen molar-refractivity contribution in [1.82, 2.24) is 9.97 Å². The van der Waals surface area contributed by atoms with E-state index in [4.69, 9.17) is 46.4 Å². The highest BCUT2D eigenvalue weighted by molar-refractivity contribution is 6.42. The number of H-pyrrole nitrogens is 2. The van der Waals surface area contributed by atoms with Crippen LogP contribution in [0.1, 0.15) is 0 Å². The van der Waals surface area contributed by atoms with Crippen LogP contribution in [0.3, 0.4) is 0 Å². The summed E-state index contributed by atoms with van der Waals surface area (Å²) in [6.07, 6.45) is 0. The van der Waals surface area contributed by atoms with E-state index in [9.17, 15) is 0 Å². The number of fused-ring (bicyclic) bond motifs is 2. The smallest absolute Gasteiger partial charge is 0.0599 e. The number of para-hydroxylation sites is 2. The van der Waals surface area contributed by atoms with Crippen LogP contribution >= 0.6 is 46.4 Å². The van der Waals surface area contributed by atoms with Crippen molar-refractivity contribution in [2.45, 2.75) is 0 Å². The minimum atomic E-state index is 0.507. The number of aromatic nitrogens is 2. The lowest BCUT2D eigenvalue weighted by atomic mass is 9.94. The Labute approximate surface area is 216 Å². The van der Waals surface area contributed by atoms with Gasteiger partial charge in [-0.25, -0.2) is 0 Å². The van der Waals surface area contributed by atoms with Crippen molar-refractivity contribution in [1.29, 1.82) is 0 Å². The van der Waals surface area contributed by atoms with Gasteiger partial charge in [-0.3, -0.25) is 0 Å². The first-order valence-electron chi connectivity index (χ1n) is 10.6. The van der Waals surface area contributed by atoms with Crippen LogP contribution < -0.4 is 0 Å². The van der Waals surface area contributed by atoms with E-state index in [1.54, 1.807) is 0 Å². The molecule has 0 radical (unpaired) electrons. The summed E-state index contributed by atoms with van der Waals surface area (Å²) >= 11 is 25.3. The van der Waals surface area contributed by atoms with Crippen LogP contribution in [0.25, 0.3) is 55.4 Å². The van der Waals surface area contributed by atoms with Crippen LogP contribution in [-0.4, -0.2) is 9.97 Å². The summed E-state index contributed by atoms with van der Waals surface area (Å²) < 4.78 is 0. The largest absolute Gasteiger partial charge is 0.354 e. The minimum Gasteiger partial charge on any atom is -0.354 e. The molecule has 166 valence electrons. The number of benzene rings is 4. The van der Waals surface area contributed by atoms with E-state index in [0.717, 1.165) is 55.4 Å². The molecule has 0 spiro atoms. The molecule has 0 aliphatic carbocycles. The zero-order valence-electron chi connectivity index (χ0n) is 17.6. The molecular weight excluding hydrogens is 506 g/mol. The van der Waals surface area contributed by atoms with Gasteiger partial charge in [-0.15, -0.1) is 0 Å². The maximum Gasteiger partial charge on any atom is 0.0599 e. The Kier molecular flexibility index (Phi) is 5.35. The Morgan fingerprint density at radius 2 is 0.853 bits per heavy atom. The summed E-state index contributed by atoms with van der Waals surface area (Å²) in [6, 6.07) is 28.0. The number of aromatic amines is 2. The molecule has 0 bridgehead atoms. The summed E-state index contributed by atoms with van der Waals surface area (Å²) in [7, 11) is 0. The minimum absolute atomic E-state index is 0.507. The molecule has 0 saturated carbocycles. The van der Waals surface area contributed by atoms with E-state index >= 15 is 0 Å². The molecule has 6 rings (SSSR count). The molecule has 0 unspecified atom stereocenters. The predicted octanol–water partition coefficient (Wildman–Crippen LogP) is 10.3. The molecule has 6 aromatic rings. The van der Waals surface area contributed by atoms with Gasteiger partial charge in [0.25, 0.3) is 0 Å². The Hall–Kier alpha value is -2.88. The first kappa shape index (κ1) is 21.6. The van der Waals surface area contributed by atoms with Gasteiger partial charge in [0, 0.05) is 44.1 Å². The van der Waals surface area contributed by atoms with Gasteiger partial charge in [0.05, 0.1) is 31.5 Å².